The second-order valence-corrected chi connectivity index (χ2v) is 5.96. The van der Waals surface area contributed by atoms with E-state index in [4.69, 9.17) is 10.5 Å². The molecule has 0 saturated carbocycles. The van der Waals surface area contributed by atoms with Crippen molar-refractivity contribution < 1.29 is 4.74 Å². The Bertz CT molecular complexity index is 427. The highest BCUT2D eigenvalue weighted by molar-refractivity contribution is 5.41. The van der Waals surface area contributed by atoms with Crippen molar-refractivity contribution in [2.45, 2.75) is 46.2 Å². The van der Waals surface area contributed by atoms with Gasteiger partial charge < -0.3 is 10.5 Å². The Balaban J connectivity index is 2.91. The number of aryl methyl sites for hydroxylation is 2. The van der Waals surface area contributed by atoms with Crippen LogP contribution < -0.4 is 10.5 Å². The fraction of sp³-hybridized carbons (Fsp3) is 0.625. The van der Waals surface area contributed by atoms with Gasteiger partial charge in [-0.3, -0.25) is 4.90 Å². The van der Waals surface area contributed by atoms with Crippen LogP contribution in [-0.2, 0) is 6.54 Å². The Morgan fingerprint density at radius 2 is 1.84 bits per heavy atom. The van der Waals surface area contributed by atoms with Crippen molar-refractivity contribution in [2.75, 3.05) is 20.7 Å². The van der Waals surface area contributed by atoms with Crippen LogP contribution in [0, 0.1) is 13.8 Å². The van der Waals surface area contributed by atoms with Crippen molar-refractivity contribution >= 4 is 0 Å². The molecule has 2 N–H and O–H groups in total. The fourth-order valence-corrected chi connectivity index (χ4v) is 2.25. The van der Waals surface area contributed by atoms with E-state index < -0.39 is 0 Å². The first-order valence-corrected chi connectivity index (χ1v) is 6.87. The smallest absolute Gasteiger partial charge is 0.122 e. The molecule has 0 atom stereocenters. The summed E-state index contributed by atoms with van der Waals surface area (Å²) in [5.41, 5.74) is 9.63. The summed E-state index contributed by atoms with van der Waals surface area (Å²) in [6.07, 6.45) is 0.998. The van der Waals surface area contributed by atoms with E-state index in [0.29, 0.717) is 0 Å². The van der Waals surface area contributed by atoms with Gasteiger partial charge >= 0.3 is 0 Å². The maximum absolute atomic E-state index is 5.69. The van der Waals surface area contributed by atoms with E-state index in [2.05, 4.69) is 51.8 Å². The normalized spacial score (nSPS) is 12.0. The number of benzene rings is 1. The third-order valence-electron chi connectivity index (χ3n) is 4.05. The van der Waals surface area contributed by atoms with E-state index in [1.54, 1.807) is 7.11 Å². The van der Waals surface area contributed by atoms with Gasteiger partial charge in [0.15, 0.2) is 0 Å². The van der Waals surface area contributed by atoms with E-state index in [1.165, 1.54) is 16.7 Å². The minimum Gasteiger partial charge on any atom is -0.496 e. The highest BCUT2D eigenvalue weighted by atomic mass is 16.5. The Morgan fingerprint density at radius 1 is 1.21 bits per heavy atom. The summed E-state index contributed by atoms with van der Waals surface area (Å²) in [5.74, 6) is 0.963. The maximum Gasteiger partial charge on any atom is 0.122 e. The first-order chi connectivity index (χ1) is 8.81. The number of hydrogen-bond acceptors (Lipinski definition) is 3. The van der Waals surface area contributed by atoms with Gasteiger partial charge in [0.2, 0.25) is 0 Å². The lowest BCUT2D eigenvalue weighted by Gasteiger charge is -2.36. The summed E-state index contributed by atoms with van der Waals surface area (Å²) >= 11 is 0. The van der Waals surface area contributed by atoms with Gasteiger partial charge in [-0.25, -0.2) is 0 Å². The fourth-order valence-electron chi connectivity index (χ4n) is 2.25. The number of hydrogen-bond donors (Lipinski definition) is 1. The lowest BCUT2D eigenvalue weighted by Crippen LogP contribution is -2.42. The summed E-state index contributed by atoms with van der Waals surface area (Å²) in [5, 5.41) is 0. The van der Waals surface area contributed by atoms with E-state index in [1.807, 2.05) is 0 Å². The van der Waals surface area contributed by atoms with Crippen molar-refractivity contribution in [1.29, 1.82) is 0 Å². The molecule has 0 heterocycles. The number of nitrogens with zero attached hydrogens (tertiary/aromatic N) is 1. The molecule has 3 heteroatoms. The zero-order valence-corrected chi connectivity index (χ0v) is 13.2. The molecule has 108 valence electrons. The monoisotopic (exact) mass is 264 g/mol. The molecule has 0 aliphatic carbocycles. The predicted molar refractivity (Wildman–Crippen MR) is 81.7 cm³/mol. The third kappa shape index (κ3) is 3.95. The van der Waals surface area contributed by atoms with Crippen LogP contribution in [0.2, 0.25) is 0 Å². The zero-order chi connectivity index (χ0) is 14.6. The zero-order valence-electron chi connectivity index (χ0n) is 13.2. The van der Waals surface area contributed by atoms with Gasteiger partial charge in [0.05, 0.1) is 7.11 Å². The minimum atomic E-state index is 0.120. The minimum absolute atomic E-state index is 0.120. The van der Waals surface area contributed by atoms with Crippen molar-refractivity contribution in [3.05, 3.63) is 28.8 Å². The SMILES string of the molecule is COc1cc(C)c(CN(C)C(C)(C)CCN)cc1C. The second-order valence-electron chi connectivity index (χ2n) is 5.96. The van der Waals surface area contributed by atoms with Crippen LogP contribution >= 0.6 is 0 Å². The van der Waals surface area contributed by atoms with E-state index >= 15 is 0 Å². The first-order valence-electron chi connectivity index (χ1n) is 6.87. The molecule has 1 aromatic carbocycles. The number of ether oxygens (including phenoxy) is 1. The van der Waals surface area contributed by atoms with Gasteiger partial charge in [0.1, 0.15) is 5.75 Å². The summed E-state index contributed by atoms with van der Waals surface area (Å²) in [7, 11) is 3.88. The molecular formula is C16H28N2O. The molecular weight excluding hydrogens is 236 g/mol. The second kappa shape index (κ2) is 6.40. The van der Waals surface area contributed by atoms with Gasteiger partial charge in [0.25, 0.3) is 0 Å². The standard InChI is InChI=1S/C16H28N2O/c1-12-10-15(19-6)13(2)9-14(12)11-18(5)16(3,4)7-8-17/h9-10H,7-8,11,17H2,1-6H3. The van der Waals surface area contributed by atoms with E-state index in [0.717, 1.165) is 25.3 Å². The van der Waals surface area contributed by atoms with Gasteiger partial charge in [-0.1, -0.05) is 6.07 Å². The molecule has 0 aromatic heterocycles. The van der Waals surface area contributed by atoms with Crippen molar-refractivity contribution in [3.63, 3.8) is 0 Å². The van der Waals surface area contributed by atoms with Crippen LogP contribution in [0.1, 0.15) is 37.0 Å². The molecule has 1 rings (SSSR count). The molecule has 0 aliphatic rings. The molecule has 0 unspecified atom stereocenters. The molecule has 3 nitrogen and oxygen atoms in total. The summed E-state index contributed by atoms with van der Waals surface area (Å²) < 4.78 is 5.36. The van der Waals surface area contributed by atoms with Crippen LogP contribution in [0.4, 0.5) is 0 Å². The quantitative estimate of drug-likeness (QED) is 0.858. The Hall–Kier alpha value is -1.06. The summed E-state index contributed by atoms with van der Waals surface area (Å²) in [4.78, 5) is 2.37. The summed E-state index contributed by atoms with van der Waals surface area (Å²) in [6, 6.07) is 4.34. The molecule has 0 saturated heterocycles. The molecule has 0 radical (unpaired) electrons. The largest absolute Gasteiger partial charge is 0.496 e. The molecule has 0 aliphatic heterocycles. The van der Waals surface area contributed by atoms with Crippen LogP contribution in [-0.4, -0.2) is 31.1 Å². The third-order valence-corrected chi connectivity index (χ3v) is 4.05. The Morgan fingerprint density at radius 3 is 2.37 bits per heavy atom. The Labute approximate surface area is 117 Å². The lowest BCUT2D eigenvalue weighted by atomic mass is 9.96. The van der Waals surface area contributed by atoms with Crippen LogP contribution in [0.25, 0.3) is 0 Å². The average molecular weight is 264 g/mol. The van der Waals surface area contributed by atoms with Gasteiger partial charge in [-0.05, 0) is 70.5 Å². The average Bonchev–Trinajstić information content (AvgIpc) is 2.33. The van der Waals surface area contributed by atoms with Crippen molar-refractivity contribution in [3.8, 4) is 5.75 Å². The summed E-state index contributed by atoms with van der Waals surface area (Å²) in [6.45, 7) is 10.4. The van der Waals surface area contributed by atoms with Crippen molar-refractivity contribution in [2.24, 2.45) is 5.73 Å². The molecule has 0 amide bonds. The van der Waals surface area contributed by atoms with E-state index in [9.17, 15) is 0 Å². The number of methoxy groups -OCH3 is 1. The lowest BCUT2D eigenvalue weighted by molar-refractivity contribution is 0.139. The number of rotatable bonds is 6. The van der Waals surface area contributed by atoms with Gasteiger partial charge in [0, 0.05) is 12.1 Å². The predicted octanol–water partition coefficient (Wildman–Crippen LogP) is 2.87. The first kappa shape index (κ1) is 16.0. The Kier molecular flexibility index (Phi) is 5.39. The highest BCUT2D eigenvalue weighted by Crippen LogP contribution is 2.25. The highest BCUT2D eigenvalue weighted by Gasteiger charge is 2.23. The topological polar surface area (TPSA) is 38.5 Å². The van der Waals surface area contributed by atoms with Crippen molar-refractivity contribution in [1.82, 2.24) is 4.90 Å². The maximum atomic E-state index is 5.69. The molecule has 19 heavy (non-hydrogen) atoms. The molecule has 0 spiro atoms. The van der Waals surface area contributed by atoms with E-state index in [-0.39, 0.29) is 5.54 Å². The molecule has 0 bridgehead atoms. The van der Waals surface area contributed by atoms with Crippen LogP contribution in [0.15, 0.2) is 12.1 Å². The van der Waals surface area contributed by atoms with Crippen LogP contribution in [0.5, 0.6) is 5.75 Å². The van der Waals surface area contributed by atoms with Crippen LogP contribution in [0.3, 0.4) is 0 Å². The number of nitrogens with two attached hydrogens (primary N) is 1. The van der Waals surface area contributed by atoms with Gasteiger partial charge in [-0.2, -0.15) is 0 Å². The molecule has 0 fully saturated rings. The van der Waals surface area contributed by atoms with Gasteiger partial charge in [-0.15, -0.1) is 0 Å². The molecule has 1 aromatic rings.